The third-order valence-corrected chi connectivity index (χ3v) is 4.43. The lowest BCUT2D eigenvalue weighted by Gasteiger charge is -2.13. The van der Waals surface area contributed by atoms with E-state index in [1.54, 1.807) is 4.68 Å². The minimum atomic E-state index is -0.276. The number of nitrogen functional groups attached to an aromatic ring is 1. The first-order valence-corrected chi connectivity index (χ1v) is 7.64. The maximum atomic E-state index is 9.32. The minimum Gasteiger partial charge on any atom is -0.480 e. The lowest BCUT2D eigenvalue weighted by molar-refractivity contribution is -0.0329. The second kappa shape index (κ2) is 5.54. The summed E-state index contributed by atoms with van der Waals surface area (Å²) in [7, 11) is 1.53. The van der Waals surface area contributed by atoms with Gasteiger partial charge in [-0.25, -0.2) is 4.68 Å². The van der Waals surface area contributed by atoms with Crippen LogP contribution in [0.1, 0.15) is 19.6 Å². The van der Waals surface area contributed by atoms with Crippen LogP contribution in [0.4, 0.5) is 5.95 Å². The van der Waals surface area contributed by atoms with Crippen molar-refractivity contribution in [1.29, 1.82) is 0 Å². The molecule has 0 aromatic carbocycles. The van der Waals surface area contributed by atoms with E-state index in [0.29, 0.717) is 11.5 Å². The molecule has 0 saturated carbocycles. The van der Waals surface area contributed by atoms with Gasteiger partial charge in [-0.1, -0.05) is 6.92 Å². The van der Waals surface area contributed by atoms with Crippen LogP contribution >= 0.6 is 22.6 Å². The molecule has 2 aromatic heterocycles. The quantitative estimate of drug-likeness (QED) is 0.732. The highest BCUT2D eigenvalue weighted by Gasteiger charge is 2.35. The molecule has 0 spiro atoms. The van der Waals surface area contributed by atoms with Crippen molar-refractivity contribution in [1.82, 2.24) is 19.7 Å². The van der Waals surface area contributed by atoms with E-state index < -0.39 is 0 Å². The van der Waals surface area contributed by atoms with Crippen LogP contribution in [0.3, 0.4) is 0 Å². The first-order chi connectivity index (χ1) is 10.0. The van der Waals surface area contributed by atoms with E-state index in [1.165, 1.54) is 7.11 Å². The first-order valence-electron chi connectivity index (χ1n) is 6.56. The van der Waals surface area contributed by atoms with Gasteiger partial charge in [0.05, 0.1) is 19.8 Å². The molecule has 0 bridgehead atoms. The molecule has 9 heteroatoms. The van der Waals surface area contributed by atoms with Crippen LogP contribution in [0.25, 0.3) is 11.0 Å². The van der Waals surface area contributed by atoms with Crippen molar-refractivity contribution in [2.24, 2.45) is 5.92 Å². The number of methoxy groups -OCH3 is 1. The van der Waals surface area contributed by atoms with Gasteiger partial charge >= 0.3 is 0 Å². The highest BCUT2D eigenvalue weighted by Crippen LogP contribution is 2.36. The Morgan fingerprint density at radius 3 is 2.90 bits per heavy atom. The van der Waals surface area contributed by atoms with E-state index in [9.17, 15) is 5.11 Å². The molecular weight excluding hydrogens is 389 g/mol. The molecule has 0 aliphatic carbocycles. The van der Waals surface area contributed by atoms with Gasteiger partial charge in [-0.05, 0) is 34.9 Å². The Labute approximate surface area is 134 Å². The highest BCUT2D eigenvalue weighted by atomic mass is 127. The molecule has 1 aliphatic heterocycles. The molecule has 1 saturated heterocycles. The van der Waals surface area contributed by atoms with Crippen molar-refractivity contribution in [3.8, 4) is 5.88 Å². The molecule has 3 N–H and O–H groups in total. The van der Waals surface area contributed by atoms with E-state index in [1.807, 2.05) is 6.92 Å². The summed E-state index contributed by atoms with van der Waals surface area (Å²) in [6.45, 7) is 2.04. The van der Waals surface area contributed by atoms with Crippen molar-refractivity contribution < 1.29 is 14.6 Å². The molecule has 114 valence electrons. The molecule has 2 aromatic rings. The van der Waals surface area contributed by atoms with E-state index >= 15 is 0 Å². The predicted molar refractivity (Wildman–Crippen MR) is 83.8 cm³/mol. The number of anilines is 1. The van der Waals surface area contributed by atoms with Crippen LogP contribution in [-0.2, 0) is 4.74 Å². The summed E-state index contributed by atoms with van der Waals surface area (Å²) in [4.78, 5) is 8.34. The first kappa shape index (κ1) is 14.7. The zero-order valence-corrected chi connectivity index (χ0v) is 13.8. The van der Waals surface area contributed by atoms with E-state index in [2.05, 4.69) is 37.7 Å². The van der Waals surface area contributed by atoms with Gasteiger partial charge in [0, 0.05) is 0 Å². The normalized spacial score (nSPS) is 25.6. The molecule has 3 atom stereocenters. The van der Waals surface area contributed by atoms with Crippen LogP contribution in [0.15, 0.2) is 0 Å². The molecular formula is C12H16IN5O3. The fourth-order valence-electron chi connectivity index (χ4n) is 2.57. The predicted octanol–water partition coefficient (Wildman–Crippen LogP) is 0.938. The standard InChI is InChI=1S/C12H16IN5O3/c1-5-3-7(21-6(5)4-19)18-10-8(9(13)17-18)11(20-2)16-12(14)15-10/h5-7,19H,3-4H2,1-2H3,(H2,14,15,16)/t5?,6-,7-/m1/s1. The average molecular weight is 405 g/mol. The lowest BCUT2D eigenvalue weighted by Crippen LogP contribution is -2.19. The average Bonchev–Trinajstić information content (AvgIpc) is 2.98. The Balaban J connectivity index is 2.10. The van der Waals surface area contributed by atoms with E-state index in [4.69, 9.17) is 15.2 Å². The number of halogens is 1. The monoisotopic (exact) mass is 405 g/mol. The number of hydrogen-bond acceptors (Lipinski definition) is 7. The smallest absolute Gasteiger partial charge is 0.230 e. The molecule has 1 unspecified atom stereocenters. The lowest BCUT2D eigenvalue weighted by atomic mass is 10.0. The largest absolute Gasteiger partial charge is 0.480 e. The Morgan fingerprint density at radius 1 is 1.52 bits per heavy atom. The van der Waals surface area contributed by atoms with Crippen LogP contribution in [0.2, 0.25) is 0 Å². The Kier molecular flexibility index (Phi) is 3.88. The van der Waals surface area contributed by atoms with E-state index in [-0.39, 0.29) is 30.8 Å². The Bertz CT molecular complexity index is 676. The summed E-state index contributed by atoms with van der Waals surface area (Å²) in [5, 5.41) is 14.5. The van der Waals surface area contributed by atoms with Crippen molar-refractivity contribution >= 4 is 39.6 Å². The molecule has 0 amide bonds. The van der Waals surface area contributed by atoms with Gasteiger partial charge < -0.3 is 20.3 Å². The zero-order chi connectivity index (χ0) is 15.1. The molecule has 1 aliphatic rings. The van der Waals surface area contributed by atoms with E-state index in [0.717, 1.165) is 15.5 Å². The minimum absolute atomic E-state index is 0.00555. The highest BCUT2D eigenvalue weighted by molar-refractivity contribution is 14.1. The number of hydrogen-bond donors (Lipinski definition) is 2. The number of ether oxygens (including phenoxy) is 2. The molecule has 3 heterocycles. The summed E-state index contributed by atoms with van der Waals surface area (Å²) in [6.07, 6.45) is 0.291. The second-order valence-corrected chi connectivity index (χ2v) is 6.07. The van der Waals surface area contributed by atoms with Gasteiger partial charge in [-0.15, -0.1) is 0 Å². The Hall–Kier alpha value is -1.20. The summed E-state index contributed by atoms with van der Waals surface area (Å²) in [5.74, 6) is 0.776. The van der Waals surface area contributed by atoms with Crippen LogP contribution < -0.4 is 10.5 Å². The topological polar surface area (TPSA) is 108 Å². The molecule has 0 radical (unpaired) electrons. The van der Waals surface area contributed by atoms with Crippen LogP contribution in [-0.4, -0.2) is 44.7 Å². The van der Waals surface area contributed by atoms with Crippen molar-refractivity contribution in [3.63, 3.8) is 0 Å². The summed E-state index contributed by atoms with van der Waals surface area (Å²) in [5.41, 5.74) is 6.31. The van der Waals surface area contributed by atoms with Gasteiger partial charge in [0.15, 0.2) is 11.9 Å². The fraction of sp³-hybridized carbons (Fsp3) is 0.583. The molecule has 3 rings (SSSR count). The third kappa shape index (κ3) is 2.42. The molecule has 8 nitrogen and oxygen atoms in total. The van der Waals surface area contributed by atoms with Gasteiger partial charge in [-0.3, -0.25) is 0 Å². The zero-order valence-electron chi connectivity index (χ0n) is 11.7. The van der Waals surface area contributed by atoms with Crippen LogP contribution in [0, 0.1) is 9.62 Å². The van der Waals surface area contributed by atoms with Gasteiger partial charge in [0.2, 0.25) is 11.8 Å². The number of rotatable bonds is 3. The number of fused-ring (bicyclic) bond motifs is 1. The SMILES string of the molecule is COc1nc(N)nc2c1c(I)nn2[C@H]1CC(C)[C@@H](CO)O1. The molecule has 1 fully saturated rings. The third-order valence-electron chi connectivity index (χ3n) is 3.68. The number of nitrogens with zero attached hydrogens (tertiary/aromatic N) is 4. The molecule has 21 heavy (non-hydrogen) atoms. The van der Waals surface area contributed by atoms with Crippen molar-refractivity contribution in [3.05, 3.63) is 3.70 Å². The second-order valence-electron chi connectivity index (χ2n) is 5.05. The summed E-state index contributed by atoms with van der Waals surface area (Å²) in [6, 6.07) is 0. The number of aliphatic hydroxyl groups is 1. The van der Waals surface area contributed by atoms with Crippen molar-refractivity contribution in [2.75, 3.05) is 19.5 Å². The Morgan fingerprint density at radius 2 is 2.29 bits per heavy atom. The number of aromatic nitrogens is 4. The fourth-order valence-corrected chi connectivity index (χ4v) is 3.28. The van der Waals surface area contributed by atoms with Gasteiger partial charge in [-0.2, -0.15) is 15.1 Å². The van der Waals surface area contributed by atoms with Crippen LogP contribution in [0.5, 0.6) is 5.88 Å². The number of aliphatic hydroxyl groups excluding tert-OH is 1. The van der Waals surface area contributed by atoms with Gasteiger partial charge in [0.25, 0.3) is 0 Å². The maximum absolute atomic E-state index is 9.32. The summed E-state index contributed by atoms with van der Waals surface area (Å²) >= 11 is 2.11. The van der Waals surface area contributed by atoms with Gasteiger partial charge in [0.1, 0.15) is 9.09 Å². The maximum Gasteiger partial charge on any atom is 0.230 e. The van der Waals surface area contributed by atoms with Crippen molar-refractivity contribution in [2.45, 2.75) is 25.7 Å². The summed E-state index contributed by atoms with van der Waals surface area (Å²) < 4.78 is 13.5. The number of nitrogens with two attached hydrogens (primary N) is 1.